The Labute approximate surface area is 197 Å². The highest BCUT2D eigenvalue weighted by atomic mass is 79.9. The summed E-state index contributed by atoms with van der Waals surface area (Å²) in [7, 11) is 0. The maximum atomic E-state index is 12.9. The van der Waals surface area contributed by atoms with Gasteiger partial charge in [0.1, 0.15) is 24.7 Å². The summed E-state index contributed by atoms with van der Waals surface area (Å²) in [6, 6.07) is 24.7. The normalized spacial score (nSPS) is 10.6. The monoisotopic (exact) mass is 539 g/mol. The Hall–Kier alpha value is -2.83. The van der Waals surface area contributed by atoms with E-state index < -0.39 is 0 Å². The fourth-order valence-electron chi connectivity index (χ4n) is 2.99. The third-order valence-corrected chi connectivity index (χ3v) is 5.68. The number of rotatable bonds is 8. The van der Waals surface area contributed by atoms with Crippen LogP contribution in [0.1, 0.15) is 27.2 Å². The smallest absolute Gasteiger partial charge is 0.209 e. The summed E-state index contributed by atoms with van der Waals surface area (Å²) in [4.78, 5) is 15.8. The molecule has 4 nitrogen and oxygen atoms in total. The molecule has 0 bridgehead atoms. The van der Waals surface area contributed by atoms with Gasteiger partial charge in [-0.3, -0.25) is 4.79 Å². The largest absolute Gasteiger partial charge is 0.489 e. The third-order valence-electron chi connectivity index (χ3n) is 4.62. The van der Waals surface area contributed by atoms with Gasteiger partial charge in [0.05, 0.1) is 5.69 Å². The van der Waals surface area contributed by atoms with Crippen molar-refractivity contribution in [2.45, 2.75) is 13.2 Å². The second kappa shape index (κ2) is 9.98. The molecule has 0 saturated carbocycles. The van der Waals surface area contributed by atoms with Crippen LogP contribution < -0.4 is 9.47 Å². The highest BCUT2D eigenvalue weighted by Gasteiger charge is 2.14. The zero-order chi connectivity index (χ0) is 21.6. The number of aromatic nitrogens is 1. The van der Waals surface area contributed by atoms with Crippen LogP contribution in [0.4, 0.5) is 0 Å². The van der Waals surface area contributed by atoms with Crippen LogP contribution in [-0.2, 0) is 13.2 Å². The standard InChI is InChI=1S/C25H19Br2NO3/c26-20-7-3-17(4-8-20)15-30-22-12-19(25(29)24-2-1-11-28-24)13-23(14-22)31-16-18-5-9-21(27)10-6-18/h1-14,28H,15-16H2. The number of hydrogen-bond acceptors (Lipinski definition) is 3. The van der Waals surface area contributed by atoms with Crippen molar-refractivity contribution < 1.29 is 14.3 Å². The van der Waals surface area contributed by atoms with Crippen LogP contribution in [0.25, 0.3) is 0 Å². The Morgan fingerprint density at radius 2 is 1.26 bits per heavy atom. The Morgan fingerprint density at radius 1 is 0.742 bits per heavy atom. The molecule has 1 N–H and O–H groups in total. The summed E-state index contributed by atoms with van der Waals surface area (Å²) in [5.74, 6) is 1.03. The molecule has 3 aromatic carbocycles. The molecular weight excluding hydrogens is 522 g/mol. The quantitative estimate of drug-likeness (QED) is 0.246. The van der Waals surface area contributed by atoms with E-state index in [0.29, 0.717) is 36.0 Å². The summed E-state index contributed by atoms with van der Waals surface area (Å²) < 4.78 is 14.0. The van der Waals surface area contributed by atoms with Gasteiger partial charge in [-0.15, -0.1) is 0 Å². The predicted molar refractivity (Wildman–Crippen MR) is 128 cm³/mol. The van der Waals surface area contributed by atoms with E-state index in [-0.39, 0.29) is 5.78 Å². The minimum absolute atomic E-state index is 0.118. The summed E-state index contributed by atoms with van der Waals surface area (Å²) in [5.41, 5.74) is 3.08. The lowest BCUT2D eigenvalue weighted by molar-refractivity contribution is 0.103. The number of halogens is 2. The predicted octanol–water partition coefficient (Wildman–Crippen LogP) is 6.93. The Balaban J connectivity index is 1.55. The van der Waals surface area contributed by atoms with Crippen molar-refractivity contribution in [3.05, 3.63) is 116 Å². The molecule has 31 heavy (non-hydrogen) atoms. The number of aromatic amines is 1. The highest BCUT2D eigenvalue weighted by Crippen LogP contribution is 2.26. The average Bonchev–Trinajstić information content (AvgIpc) is 3.33. The molecule has 0 fully saturated rings. The van der Waals surface area contributed by atoms with E-state index in [4.69, 9.17) is 9.47 Å². The highest BCUT2D eigenvalue weighted by molar-refractivity contribution is 9.10. The second-order valence-electron chi connectivity index (χ2n) is 6.94. The van der Waals surface area contributed by atoms with Crippen LogP contribution >= 0.6 is 31.9 Å². The first-order chi connectivity index (χ1) is 15.1. The van der Waals surface area contributed by atoms with Gasteiger partial charge in [0, 0.05) is 26.8 Å². The molecular formula is C25H19Br2NO3. The molecule has 0 aliphatic carbocycles. The van der Waals surface area contributed by atoms with Crippen molar-refractivity contribution >= 4 is 37.6 Å². The number of ether oxygens (including phenoxy) is 2. The van der Waals surface area contributed by atoms with Crippen LogP contribution in [0.2, 0.25) is 0 Å². The number of carbonyl (C=O) groups is 1. The molecule has 0 atom stereocenters. The lowest BCUT2D eigenvalue weighted by Gasteiger charge is -2.12. The van der Waals surface area contributed by atoms with Gasteiger partial charge >= 0.3 is 0 Å². The number of benzene rings is 3. The molecule has 0 spiro atoms. The van der Waals surface area contributed by atoms with E-state index >= 15 is 0 Å². The lowest BCUT2D eigenvalue weighted by Crippen LogP contribution is -2.04. The summed E-state index contributed by atoms with van der Waals surface area (Å²) in [6.45, 7) is 0.777. The van der Waals surface area contributed by atoms with Gasteiger partial charge in [-0.25, -0.2) is 0 Å². The molecule has 1 aromatic heterocycles. The maximum absolute atomic E-state index is 12.9. The number of ketones is 1. The molecule has 0 aliphatic heterocycles. The SMILES string of the molecule is O=C(c1cc(OCc2ccc(Br)cc2)cc(OCc2ccc(Br)cc2)c1)c1ccc[nH]1. The molecule has 156 valence electrons. The van der Waals surface area contributed by atoms with Crippen LogP contribution in [0, 0.1) is 0 Å². The molecule has 0 amide bonds. The second-order valence-corrected chi connectivity index (χ2v) is 8.77. The molecule has 4 rings (SSSR count). The summed E-state index contributed by atoms with van der Waals surface area (Å²) in [5, 5.41) is 0. The van der Waals surface area contributed by atoms with E-state index in [9.17, 15) is 4.79 Å². The van der Waals surface area contributed by atoms with Gasteiger partial charge in [-0.1, -0.05) is 56.1 Å². The van der Waals surface area contributed by atoms with Gasteiger partial charge in [-0.05, 0) is 59.7 Å². The Bertz CT molecular complexity index is 1090. The Morgan fingerprint density at radius 3 is 1.71 bits per heavy atom. The van der Waals surface area contributed by atoms with Crippen LogP contribution in [0.5, 0.6) is 11.5 Å². The van der Waals surface area contributed by atoms with E-state index in [1.807, 2.05) is 54.6 Å². The first kappa shape index (κ1) is 21.4. The van der Waals surface area contributed by atoms with Crippen LogP contribution in [-0.4, -0.2) is 10.8 Å². The Kier molecular flexibility index (Phi) is 6.89. The maximum Gasteiger partial charge on any atom is 0.209 e. The fraction of sp³-hybridized carbons (Fsp3) is 0.0800. The third kappa shape index (κ3) is 5.87. The number of H-pyrrole nitrogens is 1. The topological polar surface area (TPSA) is 51.3 Å². The summed E-state index contributed by atoms with van der Waals surface area (Å²) in [6.07, 6.45) is 1.73. The van der Waals surface area contributed by atoms with Crippen molar-refractivity contribution in [1.29, 1.82) is 0 Å². The zero-order valence-electron chi connectivity index (χ0n) is 16.5. The van der Waals surface area contributed by atoms with Gasteiger partial charge in [-0.2, -0.15) is 0 Å². The van der Waals surface area contributed by atoms with E-state index in [0.717, 1.165) is 20.1 Å². The van der Waals surface area contributed by atoms with Crippen LogP contribution in [0.3, 0.4) is 0 Å². The fourth-order valence-corrected chi connectivity index (χ4v) is 3.52. The molecule has 0 radical (unpaired) electrons. The van der Waals surface area contributed by atoms with Crippen LogP contribution in [0.15, 0.2) is 94.0 Å². The van der Waals surface area contributed by atoms with E-state index in [1.54, 1.807) is 30.5 Å². The average molecular weight is 541 g/mol. The molecule has 0 aliphatic rings. The van der Waals surface area contributed by atoms with Crippen molar-refractivity contribution in [3.8, 4) is 11.5 Å². The number of carbonyl (C=O) groups excluding carboxylic acids is 1. The van der Waals surface area contributed by atoms with Gasteiger partial charge in [0.2, 0.25) is 5.78 Å². The molecule has 0 saturated heterocycles. The number of nitrogens with one attached hydrogen (secondary N) is 1. The zero-order valence-corrected chi connectivity index (χ0v) is 19.6. The number of hydrogen-bond donors (Lipinski definition) is 1. The van der Waals surface area contributed by atoms with Gasteiger partial charge < -0.3 is 14.5 Å². The molecule has 1 heterocycles. The van der Waals surface area contributed by atoms with E-state index in [1.165, 1.54) is 0 Å². The molecule has 4 aromatic rings. The van der Waals surface area contributed by atoms with Crippen molar-refractivity contribution in [1.82, 2.24) is 4.98 Å². The van der Waals surface area contributed by atoms with Gasteiger partial charge in [0.15, 0.2) is 0 Å². The summed E-state index contributed by atoms with van der Waals surface area (Å²) >= 11 is 6.87. The first-order valence-corrected chi connectivity index (χ1v) is 11.2. The molecule has 6 heteroatoms. The first-order valence-electron chi connectivity index (χ1n) is 9.64. The minimum Gasteiger partial charge on any atom is -0.489 e. The van der Waals surface area contributed by atoms with Crippen molar-refractivity contribution in [3.63, 3.8) is 0 Å². The molecule has 0 unspecified atom stereocenters. The van der Waals surface area contributed by atoms with E-state index in [2.05, 4.69) is 36.8 Å². The van der Waals surface area contributed by atoms with Crippen molar-refractivity contribution in [2.75, 3.05) is 0 Å². The lowest BCUT2D eigenvalue weighted by atomic mass is 10.1. The van der Waals surface area contributed by atoms with Gasteiger partial charge in [0.25, 0.3) is 0 Å². The van der Waals surface area contributed by atoms with Crippen molar-refractivity contribution in [2.24, 2.45) is 0 Å². The minimum atomic E-state index is -0.118.